The van der Waals surface area contributed by atoms with Gasteiger partial charge in [-0.3, -0.25) is 9.20 Å². The predicted molar refractivity (Wildman–Crippen MR) is 182 cm³/mol. The summed E-state index contributed by atoms with van der Waals surface area (Å²) in [6.07, 6.45) is 3.89. The minimum atomic E-state index is -1.04. The largest absolute Gasteiger partial charge is 0.490 e. The Kier molecular flexibility index (Phi) is 9.98. The maximum absolute atomic E-state index is 14.6. The van der Waals surface area contributed by atoms with E-state index in [0.29, 0.717) is 84.1 Å². The average molecular weight is 697 g/mol. The molecule has 1 fully saturated rings. The van der Waals surface area contributed by atoms with Crippen LogP contribution in [0.25, 0.3) is 28.0 Å². The van der Waals surface area contributed by atoms with E-state index in [9.17, 15) is 18.7 Å². The molecule has 2 aromatic heterocycles. The lowest BCUT2D eigenvalue weighted by atomic mass is 9.92. The normalized spacial score (nSPS) is 16.6. The van der Waals surface area contributed by atoms with Gasteiger partial charge in [-0.2, -0.15) is 0 Å². The van der Waals surface area contributed by atoms with Crippen LogP contribution in [-0.2, 0) is 27.2 Å². The first kappa shape index (κ1) is 34.4. The number of rotatable bonds is 5. The molecule has 6 bridgehead atoms. The maximum Gasteiger partial charge on any atom is 0.307 e. The van der Waals surface area contributed by atoms with Gasteiger partial charge in [-0.05, 0) is 49.9 Å². The second-order valence-corrected chi connectivity index (χ2v) is 12.8. The van der Waals surface area contributed by atoms with Crippen LogP contribution >= 0.6 is 11.6 Å². The molecule has 11 nitrogen and oxygen atoms in total. The molecule has 3 aliphatic rings. The zero-order chi connectivity index (χ0) is 34.9. The van der Waals surface area contributed by atoms with Crippen LogP contribution in [0.15, 0.2) is 48.8 Å². The molecule has 5 heterocycles. The average Bonchev–Trinajstić information content (AvgIpc) is 3.40. The van der Waals surface area contributed by atoms with Crippen molar-refractivity contribution >= 4 is 29.0 Å². The summed E-state index contributed by atoms with van der Waals surface area (Å²) in [4.78, 5) is 19.5. The van der Waals surface area contributed by atoms with E-state index in [0.717, 1.165) is 17.7 Å². The number of carboxylic acids is 1. The zero-order valence-electron chi connectivity index (χ0n) is 27.3. The summed E-state index contributed by atoms with van der Waals surface area (Å²) in [5.74, 6) is 3.99. The molecule has 0 spiro atoms. The number of nitrogens with zero attached hydrogens (tertiary/aromatic N) is 4. The van der Waals surface area contributed by atoms with Crippen molar-refractivity contribution in [1.82, 2.24) is 14.4 Å². The third kappa shape index (κ3) is 7.02. The van der Waals surface area contributed by atoms with E-state index in [1.165, 1.54) is 17.4 Å². The number of pyridine rings is 1. The highest BCUT2D eigenvalue weighted by Gasteiger charge is 2.35. The number of carboxylic acid groups (broad SMARTS) is 1. The fourth-order valence-electron chi connectivity index (χ4n) is 6.57. The number of imidazole rings is 1. The zero-order valence-corrected chi connectivity index (χ0v) is 28.1. The molecule has 0 radical (unpaired) electrons. The maximum atomic E-state index is 14.6. The molecule has 5 N–H and O–H groups in total. The number of anilines is 1. The summed E-state index contributed by atoms with van der Waals surface area (Å²) < 4.78 is 48.7. The van der Waals surface area contributed by atoms with Crippen molar-refractivity contribution in [2.75, 3.05) is 44.4 Å². The number of fused-ring (bicyclic) bond motifs is 8. The quantitative estimate of drug-likeness (QED) is 0.141. The molecule has 14 heteroatoms. The van der Waals surface area contributed by atoms with E-state index in [-0.39, 0.29) is 37.1 Å². The van der Waals surface area contributed by atoms with Gasteiger partial charge < -0.3 is 35.0 Å². The summed E-state index contributed by atoms with van der Waals surface area (Å²) in [6.45, 7) is 6.24. The third-order valence-electron chi connectivity index (χ3n) is 9.18. The van der Waals surface area contributed by atoms with Gasteiger partial charge in [0.1, 0.15) is 34.7 Å². The molecule has 0 amide bonds. The number of ether oxygens (including phenoxy) is 3. The number of piperidine rings is 1. The number of hydrazine groups is 1. The molecule has 260 valence electrons. The Morgan fingerprint density at radius 1 is 1.10 bits per heavy atom. The molecule has 3 aliphatic heterocycles. The first-order valence-electron chi connectivity index (χ1n) is 16.0. The van der Waals surface area contributed by atoms with Crippen molar-refractivity contribution in [3.63, 3.8) is 0 Å². The lowest BCUT2D eigenvalue weighted by Gasteiger charge is -2.41. The van der Waals surface area contributed by atoms with Crippen LogP contribution in [0.5, 0.6) is 5.75 Å². The summed E-state index contributed by atoms with van der Waals surface area (Å²) in [6, 6.07) is 9.25. The molecule has 0 atom stereocenters. The molecule has 2 aromatic carbocycles. The van der Waals surface area contributed by atoms with Gasteiger partial charge in [0, 0.05) is 53.8 Å². The van der Waals surface area contributed by atoms with Crippen molar-refractivity contribution in [2.45, 2.75) is 45.3 Å². The number of nitrogens with two attached hydrogens (primary N) is 2. The highest BCUT2D eigenvalue weighted by atomic mass is 35.5. The standard InChI is InChI=1S/C35H39ClF2N6O5/c1-21-24(18-30(45)46)34-42-9-6-35(2,7-10-42)49-15-13-47-12-14-48-29-19-28(38)27(37)17-25(29)22-4-3-5-23(16-22)31-32(36)44(34)33(41-31)26(21)20-43(40)11-8-39/h3-5,8,11,16-17,19H,6-7,9-10,12-15,18,20,39-40H2,1-2H3,(H,45,46)/b11-8-. The number of aliphatic carboxylic acids is 1. The summed E-state index contributed by atoms with van der Waals surface area (Å²) in [5.41, 5.74) is 9.55. The lowest BCUT2D eigenvalue weighted by Crippen LogP contribution is -2.45. The Balaban J connectivity index is 1.60. The minimum absolute atomic E-state index is 0.114. The molecular formula is C35H39ClF2N6O5. The number of carbonyl (C=O) groups is 1. The van der Waals surface area contributed by atoms with Crippen LogP contribution in [0.2, 0.25) is 5.15 Å². The second-order valence-electron chi connectivity index (χ2n) is 12.5. The van der Waals surface area contributed by atoms with Crippen molar-refractivity contribution in [2.24, 2.45) is 11.6 Å². The molecule has 7 rings (SSSR count). The van der Waals surface area contributed by atoms with E-state index in [4.69, 9.17) is 42.4 Å². The fourth-order valence-corrected chi connectivity index (χ4v) is 6.88. The highest BCUT2D eigenvalue weighted by molar-refractivity contribution is 6.32. The van der Waals surface area contributed by atoms with E-state index in [1.807, 2.05) is 13.0 Å². The smallest absolute Gasteiger partial charge is 0.307 e. The number of hydrogen-bond acceptors (Lipinski definition) is 9. The van der Waals surface area contributed by atoms with Gasteiger partial charge in [-0.15, -0.1) is 0 Å². The van der Waals surface area contributed by atoms with Gasteiger partial charge in [0.2, 0.25) is 0 Å². The van der Waals surface area contributed by atoms with Crippen LogP contribution < -0.4 is 21.2 Å². The lowest BCUT2D eigenvalue weighted by molar-refractivity contribution is -0.136. The predicted octanol–water partition coefficient (Wildman–Crippen LogP) is 5.43. The number of benzene rings is 2. The summed E-state index contributed by atoms with van der Waals surface area (Å²) >= 11 is 7.28. The number of aromatic nitrogens is 2. The number of hydrogen-bond donors (Lipinski definition) is 3. The van der Waals surface area contributed by atoms with Gasteiger partial charge >= 0.3 is 5.97 Å². The first-order valence-corrected chi connectivity index (χ1v) is 16.4. The van der Waals surface area contributed by atoms with Crippen molar-refractivity contribution in [3.8, 4) is 28.1 Å². The Morgan fingerprint density at radius 2 is 1.82 bits per heavy atom. The van der Waals surface area contributed by atoms with Crippen LogP contribution in [0.3, 0.4) is 0 Å². The first-order chi connectivity index (χ1) is 23.5. The van der Waals surface area contributed by atoms with Gasteiger partial charge in [0.05, 0.1) is 38.4 Å². The van der Waals surface area contributed by atoms with E-state index < -0.39 is 23.2 Å². The molecule has 0 saturated carbocycles. The van der Waals surface area contributed by atoms with Gasteiger partial charge in [-0.1, -0.05) is 29.8 Å². The molecule has 1 saturated heterocycles. The Hall–Kier alpha value is -4.43. The summed E-state index contributed by atoms with van der Waals surface area (Å²) in [7, 11) is 0. The third-order valence-corrected chi connectivity index (χ3v) is 9.53. The topological polar surface area (TPSA) is 141 Å². The SMILES string of the molecule is Cc1c(CC(=O)O)c2n3c(Cl)c(nc3c1CN(N)/C=C\N)-c1cccc(c1)-c1cc(F)c(F)cc1OCCOCCOC1(C)CCN2CC1. The number of halogens is 3. The Bertz CT molecular complexity index is 1910. The van der Waals surface area contributed by atoms with Crippen LogP contribution in [0.1, 0.15) is 36.5 Å². The van der Waals surface area contributed by atoms with E-state index >= 15 is 0 Å². The molecule has 4 aromatic rings. The monoisotopic (exact) mass is 696 g/mol. The van der Waals surface area contributed by atoms with Crippen molar-refractivity contribution < 1.29 is 32.9 Å². The molecular weight excluding hydrogens is 658 g/mol. The van der Waals surface area contributed by atoms with Gasteiger partial charge in [0.15, 0.2) is 11.6 Å². The Morgan fingerprint density at radius 3 is 2.55 bits per heavy atom. The van der Waals surface area contributed by atoms with Crippen LogP contribution in [0.4, 0.5) is 14.6 Å². The van der Waals surface area contributed by atoms with E-state index in [2.05, 4.69) is 11.8 Å². The second kappa shape index (κ2) is 14.2. The highest BCUT2D eigenvalue weighted by Crippen LogP contribution is 2.41. The van der Waals surface area contributed by atoms with Gasteiger partial charge in [-0.25, -0.2) is 19.6 Å². The van der Waals surface area contributed by atoms with Gasteiger partial charge in [0.25, 0.3) is 0 Å². The molecule has 0 aliphatic carbocycles. The van der Waals surface area contributed by atoms with E-state index in [1.54, 1.807) is 22.6 Å². The summed E-state index contributed by atoms with van der Waals surface area (Å²) in [5, 5.41) is 11.7. The van der Waals surface area contributed by atoms with Crippen LogP contribution in [0, 0.1) is 18.6 Å². The van der Waals surface area contributed by atoms with Crippen molar-refractivity contribution in [3.05, 3.63) is 82.3 Å². The Labute approximate surface area is 287 Å². The molecule has 49 heavy (non-hydrogen) atoms. The fraction of sp³-hybridized carbons (Fsp3) is 0.371. The minimum Gasteiger partial charge on any atom is -0.490 e. The van der Waals surface area contributed by atoms with Crippen LogP contribution in [-0.4, -0.2) is 70.6 Å². The molecule has 0 unspecified atom stereocenters. The van der Waals surface area contributed by atoms with Crippen molar-refractivity contribution in [1.29, 1.82) is 0 Å².